The average molecular weight is 379 g/mol. The van der Waals surface area contributed by atoms with Gasteiger partial charge in [-0.1, -0.05) is 30.3 Å². The number of amides is 1. The number of pyridine rings is 1. The Kier molecular flexibility index (Phi) is 5.44. The van der Waals surface area contributed by atoms with Crippen molar-refractivity contribution in [1.82, 2.24) is 14.9 Å². The molecule has 0 aliphatic carbocycles. The Bertz CT molecular complexity index is 873. The van der Waals surface area contributed by atoms with Crippen LogP contribution in [0.4, 0.5) is 10.8 Å². The maximum absolute atomic E-state index is 12.8. The van der Waals surface area contributed by atoms with Crippen LogP contribution in [0.5, 0.6) is 0 Å². The molecule has 1 aliphatic heterocycles. The highest BCUT2D eigenvalue weighted by Crippen LogP contribution is 2.25. The van der Waals surface area contributed by atoms with Gasteiger partial charge in [0.1, 0.15) is 5.69 Å². The number of thiazole rings is 1. The zero-order chi connectivity index (χ0) is 18.5. The molecule has 2 aromatic heterocycles. The molecule has 1 aliphatic rings. The van der Waals surface area contributed by atoms with Crippen LogP contribution in [0.3, 0.4) is 0 Å². The molecule has 0 saturated carbocycles. The fraction of sp³-hybridized carbons (Fsp3) is 0.286. The van der Waals surface area contributed by atoms with E-state index in [1.165, 1.54) is 16.9 Å². The summed E-state index contributed by atoms with van der Waals surface area (Å²) in [6, 6.07) is 14.4. The van der Waals surface area contributed by atoms with Crippen LogP contribution >= 0.6 is 11.3 Å². The highest BCUT2D eigenvalue weighted by molar-refractivity contribution is 7.14. The molecule has 3 aromatic rings. The molecule has 1 fully saturated rings. The number of piperidine rings is 1. The van der Waals surface area contributed by atoms with E-state index in [1.54, 1.807) is 12.4 Å². The number of likely N-dealkylation sites (tertiary alicyclic amines) is 1. The lowest BCUT2D eigenvalue weighted by atomic mass is 9.90. The van der Waals surface area contributed by atoms with E-state index >= 15 is 0 Å². The first-order chi connectivity index (χ1) is 13.3. The number of carbonyl (C=O) groups excluding carboxylic acids is 1. The first-order valence-corrected chi connectivity index (χ1v) is 10.1. The number of hydrogen-bond donors (Lipinski definition) is 1. The van der Waals surface area contributed by atoms with Crippen molar-refractivity contribution in [3.8, 4) is 0 Å². The van der Waals surface area contributed by atoms with E-state index in [1.807, 2.05) is 22.4 Å². The summed E-state index contributed by atoms with van der Waals surface area (Å²) in [5, 5.41) is 5.73. The van der Waals surface area contributed by atoms with Crippen LogP contribution in [0.2, 0.25) is 0 Å². The summed E-state index contributed by atoms with van der Waals surface area (Å²) in [6.45, 7) is 1.61. The van der Waals surface area contributed by atoms with Gasteiger partial charge < -0.3 is 10.2 Å². The monoisotopic (exact) mass is 378 g/mol. The third-order valence-corrected chi connectivity index (χ3v) is 5.66. The number of benzene rings is 1. The number of anilines is 2. The predicted molar refractivity (Wildman–Crippen MR) is 108 cm³/mol. The number of nitrogens with one attached hydrogen (secondary N) is 1. The van der Waals surface area contributed by atoms with Crippen molar-refractivity contribution in [3.63, 3.8) is 0 Å². The molecule has 1 N–H and O–H groups in total. The summed E-state index contributed by atoms with van der Waals surface area (Å²) in [4.78, 5) is 23.2. The van der Waals surface area contributed by atoms with Gasteiger partial charge in [0, 0.05) is 24.7 Å². The van der Waals surface area contributed by atoms with E-state index in [-0.39, 0.29) is 5.91 Å². The number of carbonyl (C=O) groups is 1. The lowest BCUT2D eigenvalue weighted by Gasteiger charge is -2.31. The zero-order valence-electron chi connectivity index (χ0n) is 15.0. The van der Waals surface area contributed by atoms with E-state index in [0.717, 1.165) is 38.0 Å². The quantitative estimate of drug-likeness (QED) is 0.716. The molecule has 27 heavy (non-hydrogen) atoms. The smallest absolute Gasteiger partial charge is 0.273 e. The minimum Gasteiger partial charge on any atom is -0.337 e. The molecule has 0 spiro atoms. The van der Waals surface area contributed by atoms with Crippen molar-refractivity contribution < 1.29 is 4.79 Å². The van der Waals surface area contributed by atoms with Crippen LogP contribution in [0.15, 0.2) is 60.2 Å². The average Bonchev–Trinajstić information content (AvgIpc) is 3.18. The molecular weight excluding hydrogens is 356 g/mol. The van der Waals surface area contributed by atoms with E-state index in [2.05, 4.69) is 45.6 Å². The number of hydrogen-bond acceptors (Lipinski definition) is 5. The van der Waals surface area contributed by atoms with Crippen LogP contribution in [0.25, 0.3) is 0 Å². The number of aromatic nitrogens is 2. The van der Waals surface area contributed by atoms with E-state index in [9.17, 15) is 4.79 Å². The third-order valence-electron chi connectivity index (χ3n) is 4.91. The summed E-state index contributed by atoms with van der Waals surface area (Å²) < 4.78 is 0. The Hall–Kier alpha value is -2.73. The minimum atomic E-state index is 0.0312. The second-order valence-electron chi connectivity index (χ2n) is 6.83. The van der Waals surface area contributed by atoms with Gasteiger partial charge in [0.05, 0.1) is 11.9 Å². The highest BCUT2D eigenvalue weighted by Gasteiger charge is 2.25. The van der Waals surface area contributed by atoms with E-state index in [4.69, 9.17) is 0 Å². The first-order valence-electron chi connectivity index (χ1n) is 9.24. The molecule has 4 rings (SSSR count). The van der Waals surface area contributed by atoms with Gasteiger partial charge in [0.15, 0.2) is 5.13 Å². The summed E-state index contributed by atoms with van der Waals surface area (Å²) >= 11 is 1.44. The summed E-state index contributed by atoms with van der Waals surface area (Å²) in [5.41, 5.74) is 2.77. The SMILES string of the molecule is O=C(c1csc(Nc2cccnc2)n1)N1CCC(Cc2ccccc2)CC1. The summed E-state index contributed by atoms with van der Waals surface area (Å²) in [6.07, 6.45) is 6.65. The maximum Gasteiger partial charge on any atom is 0.273 e. The van der Waals surface area contributed by atoms with Crippen LogP contribution < -0.4 is 5.32 Å². The van der Waals surface area contributed by atoms with Crippen molar-refractivity contribution in [2.75, 3.05) is 18.4 Å². The van der Waals surface area contributed by atoms with Gasteiger partial charge >= 0.3 is 0 Å². The van der Waals surface area contributed by atoms with Crippen molar-refractivity contribution in [2.24, 2.45) is 5.92 Å². The number of rotatable bonds is 5. The van der Waals surface area contributed by atoms with Crippen molar-refractivity contribution in [2.45, 2.75) is 19.3 Å². The Balaban J connectivity index is 1.32. The fourth-order valence-electron chi connectivity index (χ4n) is 3.44. The van der Waals surface area contributed by atoms with Crippen molar-refractivity contribution in [3.05, 3.63) is 71.5 Å². The molecule has 138 valence electrons. The molecule has 6 heteroatoms. The minimum absolute atomic E-state index is 0.0312. The largest absolute Gasteiger partial charge is 0.337 e. The van der Waals surface area contributed by atoms with Crippen LogP contribution in [-0.4, -0.2) is 33.9 Å². The number of nitrogens with zero attached hydrogens (tertiary/aromatic N) is 3. The van der Waals surface area contributed by atoms with Gasteiger partial charge in [0.25, 0.3) is 5.91 Å². The second-order valence-corrected chi connectivity index (χ2v) is 7.69. The van der Waals surface area contributed by atoms with Gasteiger partial charge in [-0.15, -0.1) is 11.3 Å². The second kappa shape index (κ2) is 8.31. The first kappa shape index (κ1) is 17.7. The van der Waals surface area contributed by atoms with Crippen molar-refractivity contribution >= 4 is 28.1 Å². The van der Waals surface area contributed by atoms with Crippen LogP contribution in [0.1, 0.15) is 28.9 Å². The van der Waals surface area contributed by atoms with Gasteiger partial charge in [-0.2, -0.15) is 0 Å². The molecular formula is C21H22N4OS. The molecule has 0 bridgehead atoms. The molecule has 1 aromatic carbocycles. The summed E-state index contributed by atoms with van der Waals surface area (Å²) in [5.74, 6) is 0.679. The fourth-order valence-corrected chi connectivity index (χ4v) is 4.14. The molecule has 0 atom stereocenters. The summed E-state index contributed by atoms with van der Waals surface area (Å²) in [7, 11) is 0. The Morgan fingerprint density at radius 3 is 2.70 bits per heavy atom. The zero-order valence-corrected chi connectivity index (χ0v) is 15.9. The normalized spacial score (nSPS) is 14.9. The lowest BCUT2D eigenvalue weighted by molar-refractivity contribution is 0.0685. The van der Waals surface area contributed by atoms with Gasteiger partial charge in [-0.3, -0.25) is 9.78 Å². The lowest BCUT2D eigenvalue weighted by Crippen LogP contribution is -2.39. The Morgan fingerprint density at radius 1 is 1.15 bits per heavy atom. The van der Waals surface area contributed by atoms with Crippen LogP contribution in [-0.2, 0) is 6.42 Å². The van der Waals surface area contributed by atoms with Crippen molar-refractivity contribution in [1.29, 1.82) is 0 Å². The standard InChI is InChI=1S/C21H22N4OS/c26-20(19-15-27-21(24-19)23-18-7-4-10-22-14-18)25-11-8-17(9-12-25)13-16-5-2-1-3-6-16/h1-7,10,14-15,17H,8-9,11-13H2,(H,23,24). The van der Waals surface area contributed by atoms with Gasteiger partial charge in [-0.25, -0.2) is 4.98 Å². The van der Waals surface area contributed by atoms with Crippen LogP contribution in [0, 0.1) is 5.92 Å². The highest BCUT2D eigenvalue weighted by atomic mass is 32.1. The van der Waals surface area contributed by atoms with E-state index in [0.29, 0.717) is 16.7 Å². The Labute approximate surface area is 163 Å². The topological polar surface area (TPSA) is 58.1 Å². The van der Waals surface area contributed by atoms with E-state index < -0.39 is 0 Å². The van der Waals surface area contributed by atoms with Gasteiger partial charge in [-0.05, 0) is 42.9 Å². The van der Waals surface area contributed by atoms with Gasteiger partial charge in [0.2, 0.25) is 0 Å². The Morgan fingerprint density at radius 2 is 1.96 bits per heavy atom. The predicted octanol–water partition coefficient (Wildman–Crippen LogP) is 4.38. The molecule has 0 radical (unpaired) electrons. The molecule has 3 heterocycles. The molecule has 5 nitrogen and oxygen atoms in total. The maximum atomic E-state index is 12.8. The molecule has 1 amide bonds. The molecule has 1 saturated heterocycles. The third kappa shape index (κ3) is 4.52. The molecule has 0 unspecified atom stereocenters.